The number of rotatable bonds is 13. The summed E-state index contributed by atoms with van der Waals surface area (Å²) in [7, 11) is -3.35. The smallest absolute Gasteiger partial charge is 0.408 e. The third-order valence-corrected chi connectivity index (χ3v) is 14.7. The molecule has 0 bridgehead atoms. The van der Waals surface area contributed by atoms with E-state index in [4.69, 9.17) is 13.9 Å². The molecule has 1 aliphatic heterocycles. The topological polar surface area (TPSA) is 114 Å². The first kappa shape index (κ1) is 41.0. The molecule has 0 aliphatic carbocycles. The van der Waals surface area contributed by atoms with Gasteiger partial charge in [-0.1, -0.05) is 143 Å². The number of benzene rings is 4. The lowest BCUT2D eigenvalue weighted by atomic mass is 9.99. The molecule has 0 aromatic heterocycles. The number of nitrogens with zero attached hydrogens (tertiary/aromatic N) is 1. The predicted molar refractivity (Wildman–Crippen MR) is 219 cm³/mol. The first-order valence-corrected chi connectivity index (χ1v) is 20.9. The van der Waals surface area contributed by atoms with Gasteiger partial charge in [0, 0.05) is 13.1 Å². The van der Waals surface area contributed by atoms with Crippen molar-refractivity contribution in [1.82, 2.24) is 10.2 Å². The minimum atomic E-state index is -3.35. The van der Waals surface area contributed by atoms with Gasteiger partial charge in [0.2, 0.25) is 11.9 Å². The molecule has 0 saturated carbocycles. The molecule has 3 atom stereocenters. The lowest BCUT2D eigenvalue weighted by Crippen LogP contribution is -2.70. The normalized spacial score (nSPS) is 17.4. The first-order valence-electron chi connectivity index (χ1n) is 19.0. The number of alkyl carbamates (subject to hydrolysis) is 1. The average molecular weight is 763 g/mol. The Morgan fingerprint density at radius 2 is 1.29 bits per heavy atom. The maximum absolute atomic E-state index is 14.8. The van der Waals surface area contributed by atoms with E-state index in [9.17, 15) is 19.5 Å². The van der Waals surface area contributed by atoms with Crippen LogP contribution in [-0.2, 0) is 29.9 Å². The van der Waals surface area contributed by atoms with Crippen molar-refractivity contribution in [3.8, 4) is 11.1 Å². The monoisotopic (exact) mass is 762 g/mol. The van der Waals surface area contributed by atoms with E-state index < -0.39 is 60.9 Å². The number of carbonyl (C=O) groups excluding carboxylic acids is 2. The molecule has 0 spiro atoms. The third kappa shape index (κ3) is 9.92. The van der Waals surface area contributed by atoms with E-state index in [-0.39, 0.29) is 0 Å². The zero-order valence-electron chi connectivity index (χ0n) is 33.0. The van der Waals surface area contributed by atoms with Crippen LogP contribution in [0.15, 0.2) is 127 Å². The van der Waals surface area contributed by atoms with Crippen LogP contribution in [-0.4, -0.2) is 73.2 Å². The van der Waals surface area contributed by atoms with Crippen molar-refractivity contribution in [2.75, 3.05) is 13.1 Å². The fourth-order valence-electron chi connectivity index (χ4n) is 7.14. The molecule has 2 amide bonds. The summed E-state index contributed by atoms with van der Waals surface area (Å²) in [6.45, 7) is 14.3. The number of aliphatic carboxylic acids is 1. The summed E-state index contributed by atoms with van der Waals surface area (Å²) in [5, 5.41) is 14.7. The highest BCUT2D eigenvalue weighted by molar-refractivity contribution is 6.99. The van der Waals surface area contributed by atoms with Crippen LogP contribution in [0.1, 0.15) is 60.5 Å². The van der Waals surface area contributed by atoms with Crippen molar-refractivity contribution < 1.29 is 33.4 Å². The molecule has 2 N–H and O–H groups in total. The van der Waals surface area contributed by atoms with Gasteiger partial charge in [-0.25, -0.2) is 9.59 Å². The van der Waals surface area contributed by atoms with Crippen LogP contribution < -0.4 is 15.7 Å². The number of amides is 2. The summed E-state index contributed by atoms with van der Waals surface area (Å²) >= 11 is 0. The largest absolute Gasteiger partial charge is 0.475 e. The SMILES string of the molecule is CCCN(CCc1ccc(-c2ccccc2)cc1)C(=O)[C@@H]1OC(C(=O)O)=C[C@@H](O[Si](c2ccccc2)(c2ccccc2)C(C)(C)C)[C@H]1NC(=O)OC(C)(C)C. The Balaban J connectivity index is 1.55. The third-order valence-electron chi connectivity index (χ3n) is 9.65. The van der Waals surface area contributed by atoms with Gasteiger partial charge < -0.3 is 29.2 Å². The molecule has 10 heteroatoms. The summed E-state index contributed by atoms with van der Waals surface area (Å²) in [6, 6.07) is 37.0. The quantitative estimate of drug-likeness (QED) is 0.137. The molecule has 4 aromatic rings. The van der Waals surface area contributed by atoms with Gasteiger partial charge >= 0.3 is 12.1 Å². The zero-order valence-corrected chi connectivity index (χ0v) is 34.0. The molecular formula is C45H54N2O7Si. The Kier molecular flexibility index (Phi) is 13.0. The van der Waals surface area contributed by atoms with Crippen LogP contribution in [0, 0.1) is 0 Å². The van der Waals surface area contributed by atoms with Gasteiger partial charge in [-0.3, -0.25) is 4.79 Å². The highest BCUT2D eigenvalue weighted by Gasteiger charge is 2.55. The number of hydrogen-bond acceptors (Lipinski definition) is 6. The van der Waals surface area contributed by atoms with Crippen molar-refractivity contribution >= 4 is 36.7 Å². The Hall–Kier alpha value is -5.19. The van der Waals surface area contributed by atoms with Crippen LogP contribution in [0.2, 0.25) is 5.04 Å². The lowest BCUT2D eigenvalue weighted by molar-refractivity contribution is -0.150. The van der Waals surface area contributed by atoms with Crippen LogP contribution in [0.25, 0.3) is 11.1 Å². The fourth-order valence-corrected chi connectivity index (χ4v) is 11.8. The highest BCUT2D eigenvalue weighted by atomic mass is 28.4. The second-order valence-electron chi connectivity index (χ2n) is 15.9. The van der Waals surface area contributed by atoms with Gasteiger partial charge in [0.15, 0.2) is 0 Å². The van der Waals surface area contributed by atoms with Gasteiger partial charge in [-0.2, -0.15) is 0 Å². The zero-order chi connectivity index (χ0) is 39.8. The summed E-state index contributed by atoms with van der Waals surface area (Å²) in [5.74, 6) is -2.21. The molecule has 0 fully saturated rings. The summed E-state index contributed by atoms with van der Waals surface area (Å²) < 4.78 is 19.2. The van der Waals surface area contributed by atoms with Gasteiger partial charge in [-0.15, -0.1) is 0 Å². The summed E-state index contributed by atoms with van der Waals surface area (Å²) in [4.78, 5) is 42.8. The maximum atomic E-state index is 14.8. The number of carbonyl (C=O) groups is 3. The van der Waals surface area contributed by atoms with Crippen molar-refractivity contribution in [2.24, 2.45) is 0 Å². The Labute approximate surface area is 326 Å². The van der Waals surface area contributed by atoms with E-state index in [0.717, 1.165) is 27.1 Å². The molecule has 0 saturated heterocycles. The Bertz CT molecular complexity index is 1880. The molecule has 5 rings (SSSR count). The molecule has 4 aromatic carbocycles. The van der Waals surface area contributed by atoms with Crippen LogP contribution >= 0.6 is 0 Å². The van der Waals surface area contributed by atoms with Crippen LogP contribution in [0.5, 0.6) is 0 Å². The van der Waals surface area contributed by atoms with E-state index in [2.05, 4.69) is 62.5 Å². The van der Waals surface area contributed by atoms with Gasteiger partial charge in [0.25, 0.3) is 14.2 Å². The second-order valence-corrected chi connectivity index (χ2v) is 20.2. The van der Waals surface area contributed by atoms with Crippen LogP contribution in [0.3, 0.4) is 0 Å². The van der Waals surface area contributed by atoms with E-state index in [0.29, 0.717) is 25.9 Å². The minimum Gasteiger partial charge on any atom is -0.475 e. The van der Waals surface area contributed by atoms with E-state index in [1.807, 2.05) is 85.8 Å². The lowest BCUT2D eigenvalue weighted by Gasteiger charge is -2.47. The second kappa shape index (κ2) is 17.5. The molecule has 1 aliphatic rings. The molecule has 55 heavy (non-hydrogen) atoms. The molecular weight excluding hydrogens is 709 g/mol. The standard InChI is InChI=1S/C45H54N2O7Si/c1-8-29-47(30-28-32-24-26-34(27-25-32)33-18-12-9-13-19-33)41(48)40-39(46-43(51)53-44(2,3)4)37(31-38(52-40)42(49)50)54-55(45(5,6)7,35-20-14-10-15-21-35)36-22-16-11-17-23-36/h9-27,31,37,39-40H,8,28-30H2,1-7H3,(H,46,51)(H,49,50)/t37-,39-,40-/m1/s1. The van der Waals surface area contributed by atoms with E-state index in [1.165, 1.54) is 6.08 Å². The summed E-state index contributed by atoms with van der Waals surface area (Å²) in [5.41, 5.74) is 2.41. The molecule has 0 unspecified atom stereocenters. The van der Waals surface area contributed by atoms with Gasteiger partial charge in [-0.05, 0) is 71.8 Å². The number of carboxylic acids is 1. The van der Waals surface area contributed by atoms with Gasteiger partial charge in [0.05, 0.1) is 6.10 Å². The number of hydrogen-bond donors (Lipinski definition) is 2. The van der Waals surface area contributed by atoms with Crippen LogP contribution in [0.4, 0.5) is 4.79 Å². The van der Waals surface area contributed by atoms with E-state index in [1.54, 1.807) is 25.7 Å². The predicted octanol–water partition coefficient (Wildman–Crippen LogP) is 7.34. The highest BCUT2D eigenvalue weighted by Crippen LogP contribution is 2.39. The average Bonchev–Trinajstić information content (AvgIpc) is 3.15. The van der Waals surface area contributed by atoms with Crippen molar-refractivity contribution in [3.63, 3.8) is 0 Å². The van der Waals surface area contributed by atoms with Crippen molar-refractivity contribution in [1.29, 1.82) is 0 Å². The number of ether oxygens (including phenoxy) is 2. The fraction of sp³-hybridized carbons (Fsp3) is 0.356. The Morgan fingerprint density at radius 3 is 1.78 bits per heavy atom. The van der Waals surface area contributed by atoms with E-state index >= 15 is 0 Å². The van der Waals surface area contributed by atoms with Crippen molar-refractivity contribution in [3.05, 3.63) is 133 Å². The molecule has 9 nitrogen and oxygen atoms in total. The maximum Gasteiger partial charge on any atom is 0.408 e. The molecule has 0 radical (unpaired) electrons. The number of carboxylic acid groups (broad SMARTS) is 1. The first-order chi connectivity index (χ1) is 26.1. The van der Waals surface area contributed by atoms with Crippen molar-refractivity contribution in [2.45, 2.75) is 90.2 Å². The minimum absolute atomic E-state index is 0.350. The molecule has 290 valence electrons. The number of nitrogens with one attached hydrogen (secondary N) is 1. The Morgan fingerprint density at radius 1 is 0.764 bits per heavy atom. The molecule has 1 heterocycles. The summed E-state index contributed by atoms with van der Waals surface area (Å²) in [6.07, 6.45) is -0.713. The van der Waals surface area contributed by atoms with Gasteiger partial charge in [0.1, 0.15) is 11.6 Å².